The van der Waals surface area contributed by atoms with Crippen molar-refractivity contribution in [2.75, 3.05) is 0 Å². The van der Waals surface area contributed by atoms with Crippen LogP contribution in [0, 0.1) is 6.92 Å². The maximum Gasteiger partial charge on any atom is 0.308 e. The molecule has 3 aromatic carbocycles. The zero-order valence-electron chi connectivity index (χ0n) is 16.1. The van der Waals surface area contributed by atoms with Crippen molar-refractivity contribution in [3.8, 4) is 0 Å². The van der Waals surface area contributed by atoms with Crippen LogP contribution in [0.1, 0.15) is 16.7 Å². The summed E-state index contributed by atoms with van der Waals surface area (Å²) < 4.78 is 30.4. The van der Waals surface area contributed by atoms with E-state index in [0.717, 1.165) is 28.0 Å². The molecule has 0 saturated heterocycles. The van der Waals surface area contributed by atoms with E-state index in [9.17, 15) is 13.2 Å². The van der Waals surface area contributed by atoms with Crippen molar-refractivity contribution in [3.05, 3.63) is 98.1 Å². The number of nitrogens with zero attached hydrogens (tertiary/aromatic N) is 1. The van der Waals surface area contributed by atoms with Crippen LogP contribution >= 0.6 is 22.9 Å². The van der Waals surface area contributed by atoms with Gasteiger partial charge in [-0.3, -0.25) is 9.36 Å². The number of hydrogen-bond acceptors (Lipinski definition) is 4. The second kappa shape index (κ2) is 8.35. The minimum atomic E-state index is -3.71. The quantitative estimate of drug-likeness (QED) is 0.460. The summed E-state index contributed by atoms with van der Waals surface area (Å²) in [5.41, 5.74) is 3.45. The molecule has 154 valence electrons. The molecular formula is C22H19ClN2O3S2. The van der Waals surface area contributed by atoms with E-state index in [-0.39, 0.29) is 16.3 Å². The van der Waals surface area contributed by atoms with E-state index in [0.29, 0.717) is 21.8 Å². The van der Waals surface area contributed by atoms with Crippen molar-refractivity contribution < 1.29 is 8.42 Å². The van der Waals surface area contributed by atoms with Crippen LogP contribution in [-0.4, -0.2) is 13.0 Å². The Bertz CT molecular complexity index is 1390. The highest BCUT2D eigenvalue weighted by Gasteiger charge is 2.17. The van der Waals surface area contributed by atoms with Gasteiger partial charge in [0.05, 0.1) is 21.7 Å². The van der Waals surface area contributed by atoms with Crippen molar-refractivity contribution in [1.82, 2.24) is 9.29 Å². The van der Waals surface area contributed by atoms with Gasteiger partial charge in [-0.2, -0.15) is 0 Å². The highest BCUT2D eigenvalue weighted by molar-refractivity contribution is 7.89. The molecule has 0 radical (unpaired) electrons. The van der Waals surface area contributed by atoms with Gasteiger partial charge >= 0.3 is 4.87 Å². The number of rotatable bonds is 6. The summed E-state index contributed by atoms with van der Waals surface area (Å²) in [5.74, 6) is 0. The normalized spacial score (nSPS) is 11.8. The minimum absolute atomic E-state index is 0.134. The zero-order valence-corrected chi connectivity index (χ0v) is 18.5. The van der Waals surface area contributed by atoms with Crippen LogP contribution in [0.25, 0.3) is 10.2 Å². The van der Waals surface area contributed by atoms with Gasteiger partial charge < -0.3 is 0 Å². The number of aryl methyl sites for hydroxylation is 1. The second-order valence-corrected chi connectivity index (χ2v) is 10.1. The molecule has 1 N–H and O–H groups in total. The Morgan fingerprint density at radius 2 is 1.70 bits per heavy atom. The van der Waals surface area contributed by atoms with Crippen LogP contribution in [0.3, 0.4) is 0 Å². The summed E-state index contributed by atoms with van der Waals surface area (Å²) in [7, 11) is -3.71. The van der Waals surface area contributed by atoms with Gasteiger partial charge in [0, 0.05) is 11.6 Å². The summed E-state index contributed by atoms with van der Waals surface area (Å²) in [4.78, 5) is 12.5. The van der Waals surface area contributed by atoms with Crippen molar-refractivity contribution >= 4 is 43.2 Å². The third-order valence-electron chi connectivity index (χ3n) is 4.95. The maximum atomic E-state index is 12.8. The average molecular weight is 459 g/mol. The minimum Gasteiger partial charge on any atom is -0.294 e. The van der Waals surface area contributed by atoms with E-state index >= 15 is 0 Å². The zero-order chi connectivity index (χ0) is 21.3. The van der Waals surface area contributed by atoms with Crippen molar-refractivity contribution in [2.45, 2.75) is 24.9 Å². The molecule has 4 rings (SSSR count). The molecule has 8 heteroatoms. The predicted molar refractivity (Wildman–Crippen MR) is 122 cm³/mol. The number of fused-ring (bicyclic) bond motifs is 1. The third kappa shape index (κ3) is 4.20. The fraction of sp³-hybridized carbons (Fsp3) is 0.136. The first-order chi connectivity index (χ1) is 14.3. The highest BCUT2D eigenvalue weighted by Crippen LogP contribution is 2.24. The summed E-state index contributed by atoms with van der Waals surface area (Å²) in [6.07, 6.45) is 0. The Morgan fingerprint density at radius 3 is 2.43 bits per heavy atom. The van der Waals surface area contributed by atoms with Gasteiger partial charge in [-0.25, -0.2) is 13.1 Å². The molecule has 1 aromatic heterocycles. The standard InChI is InChI=1S/C22H19ClN2O3S2/c1-15-6-2-3-7-16(15)13-24-30(27,28)18-10-11-20-21(12-18)29-22(26)25(20)14-17-8-4-5-9-19(17)23/h2-12,24H,13-14H2,1H3. The lowest BCUT2D eigenvalue weighted by Crippen LogP contribution is -2.23. The van der Waals surface area contributed by atoms with E-state index in [4.69, 9.17) is 11.6 Å². The Kier molecular flexibility index (Phi) is 5.79. The molecule has 0 spiro atoms. The first-order valence-corrected chi connectivity index (χ1v) is 11.9. The van der Waals surface area contributed by atoms with E-state index in [2.05, 4.69) is 4.72 Å². The number of sulfonamides is 1. The molecule has 30 heavy (non-hydrogen) atoms. The topological polar surface area (TPSA) is 68.2 Å². The first kappa shape index (κ1) is 20.8. The van der Waals surface area contributed by atoms with E-state index in [1.807, 2.05) is 49.4 Å². The third-order valence-corrected chi connectivity index (χ3v) is 7.66. The van der Waals surface area contributed by atoms with Crippen molar-refractivity contribution in [2.24, 2.45) is 0 Å². The van der Waals surface area contributed by atoms with Crippen LogP contribution in [0.5, 0.6) is 0 Å². The Labute approximate surface area is 183 Å². The van der Waals surface area contributed by atoms with Crippen molar-refractivity contribution in [3.63, 3.8) is 0 Å². The molecule has 0 aliphatic heterocycles. The van der Waals surface area contributed by atoms with Crippen LogP contribution in [0.15, 0.2) is 76.4 Å². The highest BCUT2D eigenvalue weighted by atomic mass is 35.5. The lowest BCUT2D eigenvalue weighted by molar-refractivity contribution is 0.581. The Balaban J connectivity index is 1.63. The van der Waals surface area contributed by atoms with Crippen LogP contribution in [0.4, 0.5) is 0 Å². The molecule has 0 amide bonds. The molecule has 0 fully saturated rings. The molecule has 0 bridgehead atoms. The molecule has 0 aliphatic carbocycles. The lowest BCUT2D eigenvalue weighted by Gasteiger charge is -2.10. The molecule has 1 heterocycles. The molecule has 0 atom stereocenters. The number of halogens is 1. The molecule has 0 unspecified atom stereocenters. The summed E-state index contributed by atoms with van der Waals surface area (Å²) in [6.45, 7) is 2.47. The van der Waals surface area contributed by atoms with Gasteiger partial charge in [-0.15, -0.1) is 0 Å². The summed E-state index contributed by atoms with van der Waals surface area (Å²) in [6, 6.07) is 19.7. The van der Waals surface area contributed by atoms with Crippen LogP contribution in [0.2, 0.25) is 5.02 Å². The summed E-state index contributed by atoms with van der Waals surface area (Å²) >= 11 is 7.25. The molecular weight excluding hydrogens is 440 g/mol. The van der Waals surface area contributed by atoms with Gasteiger partial charge in [-0.05, 0) is 47.9 Å². The largest absolute Gasteiger partial charge is 0.308 e. The smallest absolute Gasteiger partial charge is 0.294 e. The van der Waals surface area contributed by atoms with Crippen molar-refractivity contribution in [1.29, 1.82) is 0 Å². The van der Waals surface area contributed by atoms with E-state index < -0.39 is 10.0 Å². The van der Waals surface area contributed by atoms with Gasteiger partial charge in [0.2, 0.25) is 10.0 Å². The fourth-order valence-electron chi connectivity index (χ4n) is 3.23. The van der Waals surface area contributed by atoms with Gasteiger partial charge in [0.1, 0.15) is 0 Å². The number of benzene rings is 3. The van der Waals surface area contributed by atoms with Gasteiger partial charge in [-0.1, -0.05) is 65.4 Å². The van der Waals surface area contributed by atoms with Crippen LogP contribution in [-0.2, 0) is 23.1 Å². The molecule has 0 aliphatic rings. The molecule has 5 nitrogen and oxygen atoms in total. The summed E-state index contributed by atoms with van der Waals surface area (Å²) in [5, 5.41) is 0.586. The lowest BCUT2D eigenvalue weighted by atomic mass is 10.1. The second-order valence-electron chi connectivity index (χ2n) is 6.93. The fourth-order valence-corrected chi connectivity index (χ4v) is 5.46. The Hall–Kier alpha value is -2.45. The SMILES string of the molecule is Cc1ccccc1CNS(=O)(=O)c1ccc2c(c1)sc(=O)n2Cc1ccccc1Cl. The molecule has 0 saturated carbocycles. The van der Waals surface area contributed by atoms with E-state index in [1.54, 1.807) is 22.8 Å². The first-order valence-electron chi connectivity index (χ1n) is 9.26. The average Bonchev–Trinajstić information content (AvgIpc) is 3.03. The van der Waals surface area contributed by atoms with Crippen LogP contribution < -0.4 is 9.60 Å². The number of hydrogen-bond donors (Lipinski definition) is 1. The van der Waals surface area contributed by atoms with Gasteiger partial charge in [0.15, 0.2) is 0 Å². The number of thiazole rings is 1. The van der Waals surface area contributed by atoms with E-state index in [1.165, 1.54) is 6.07 Å². The number of nitrogens with one attached hydrogen (secondary N) is 1. The molecule has 4 aromatic rings. The van der Waals surface area contributed by atoms with Gasteiger partial charge in [0.25, 0.3) is 0 Å². The number of aromatic nitrogens is 1. The maximum absolute atomic E-state index is 12.8. The Morgan fingerprint density at radius 1 is 1.00 bits per heavy atom. The predicted octanol–water partition coefficient (Wildman–Crippen LogP) is 4.55. The monoisotopic (exact) mass is 458 g/mol.